The lowest BCUT2D eigenvalue weighted by molar-refractivity contribution is 0.139. The first-order chi connectivity index (χ1) is 5.83. The van der Waals surface area contributed by atoms with Gasteiger partial charge in [0.25, 0.3) is 0 Å². The van der Waals surface area contributed by atoms with Crippen LogP contribution < -0.4 is 5.32 Å². The highest BCUT2D eigenvalue weighted by atomic mass is 16.3. The lowest BCUT2D eigenvalue weighted by Crippen LogP contribution is -2.46. The summed E-state index contributed by atoms with van der Waals surface area (Å²) in [7, 11) is 1.97. The first kappa shape index (κ1) is 10.0. The molecule has 0 unspecified atom stereocenters. The predicted octanol–water partition coefficient (Wildman–Crippen LogP) is 1.68. The Bertz CT molecular complexity index is 111. The minimum Gasteiger partial charge on any atom is -0.394 e. The van der Waals surface area contributed by atoms with E-state index in [1.54, 1.807) is 0 Å². The van der Waals surface area contributed by atoms with Gasteiger partial charge in [0.05, 0.1) is 6.61 Å². The zero-order valence-electron chi connectivity index (χ0n) is 8.10. The zero-order valence-corrected chi connectivity index (χ0v) is 8.10. The Kier molecular flexibility index (Phi) is 4.02. The van der Waals surface area contributed by atoms with Crippen LogP contribution in [0.3, 0.4) is 0 Å². The lowest BCUT2D eigenvalue weighted by atomic mass is 9.85. The maximum absolute atomic E-state index is 9.30. The average Bonchev–Trinajstić information content (AvgIpc) is 2.06. The van der Waals surface area contributed by atoms with Crippen LogP contribution in [-0.2, 0) is 0 Å². The fraction of sp³-hybridized carbons (Fsp3) is 1.00. The van der Waals surface area contributed by atoms with Gasteiger partial charge in [-0.25, -0.2) is 0 Å². The Hall–Kier alpha value is -0.0800. The largest absolute Gasteiger partial charge is 0.394 e. The van der Waals surface area contributed by atoms with E-state index in [1.165, 1.54) is 32.1 Å². The molecule has 72 valence electrons. The van der Waals surface area contributed by atoms with Crippen LogP contribution in [0.4, 0.5) is 0 Å². The highest BCUT2D eigenvalue weighted by molar-refractivity contribution is 4.86. The van der Waals surface area contributed by atoms with Crippen molar-refractivity contribution in [3.05, 3.63) is 0 Å². The van der Waals surface area contributed by atoms with Crippen LogP contribution in [0.2, 0.25) is 0 Å². The first-order valence-electron chi connectivity index (χ1n) is 5.13. The number of rotatable bonds is 2. The second-order valence-electron chi connectivity index (χ2n) is 3.96. The molecular weight excluding hydrogens is 150 g/mol. The molecule has 1 aliphatic carbocycles. The van der Waals surface area contributed by atoms with Crippen molar-refractivity contribution in [1.29, 1.82) is 0 Å². The van der Waals surface area contributed by atoms with Crippen LogP contribution in [0.5, 0.6) is 0 Å². The molecule has 1 aliphatic rings. The highest BCUT2D eigenvalue weighted by Crippen LogP contribution is 2.25. The van der Waals surface area contributed by atoms with Crippen molar-refractivity contribution in [2.45, 2.75) is 50.5 Å². The van der Waals surface area contributed by atoms with Crippen molar-refractivity contribution in [1.82, 2.24) is 5.32 Å². The van der Waals surface area contributed by atoms with Gasteiger partial charge in [-0.1, -0.05) is 32.1 Å². The van der Waals surface area contributed by atoms with Gasteiger partial charge in [0.1, 0.15) is 0 Å². The quantitative estimate of drug-likeness (QED) is 0.662. The van der Waals surface area contributed by atoms with Gasteiger partial charge in [0, 0.05) is 5.54 Å². The van der Waals surface area contributed by atoms with E-state index in [0.717, 1.165) is 12.8 Å². The van der Waals surface area contributed by atoms with Gasteiger partial charge in [-0.05, 0) is 19.9 Å². The molecule has 12 heavy (non-hydrogen) atoms. The number of hydrogen-bond donors (Lipinski definition) is 2. The molecule has 0 bridgehead atoms. The normalized spacial score (nSPS) is 24.5. The summed E-state index contributed by atoms with van der Waals surface area (Å²) in [6.07, 6.45) is 8.86. The van der Waals surface area contributed by atoms with E-state index >= 15 is 0 Å². The topological polar surface area (TPSA) is 32.3 Å². The third kappa shape index (κ3) is 2.46. The summed E-state index contributed by atoms with van der Waals surface area (Å²) in [6.45, 7) is 0.295. The van der Waals surface area contributed by atoms with Crippen molar-refractivity contribution in [3.63, 3.8) is 0 Å². The van der Waals surface area contributed by atoms with E-state index in [2.05, 4.69) is 5.32 Å². The molecule has 2 nitrogen and oxygen atoms in total. The van der Waals surface area contributed by atoms with E-state index in [4.69, 9.17) is 0 Å². The summed E-state index contributed by atoms with van der Waals surface area (Å²) >= 11 is 0. The average molecular weight is 171 g/mol. The summed E-state index contributed by atoms with van der Waals surface area (Å²) < 4.78 is 0. The van der Waals surface area contributed by atoms with Crippen LogP contribution in [-0.4, -0.2) is 24.3 Å². The monoisotopic (exact) mass is 171 g/mol. The number of nitrogens with one attached hydrogen (secondary N) is 1. The predicted molar refractivity (Wildman–Crippen MR) is 51.2 cm³/mol. The maximum atomic E-state index is 9.30. The van der Waals surface area contributed by atoms with Gasteiger partial charge in [-0.15, -0.1) is 0 Å². The van der Waals surface area contributed by atoms with E-state index in [0.29, 0.717) is 6.61 Å². The summed E-state index contributed by atoms with van der Waals surface area (Å²) in [5.74, 6) is 0. The fourth-order valence-corrected chi connectivity index (χ4v) is 2.07. The molecule has 2 N–H and O–H groups in total. The number of aliphatic hydroxyl groups excluding tert-OH is 1. The Morgan fingerprint density at radius 1 is 1.08 bits per heavy atom. The third-order valence-electron chi connectivity index (χ3n) is 3.14. The summed E-state index contributed by atoms with van der Waals surface area (Å²) in [6, 6.07) is 0. The SMILES string of the molecule is CNC1(CO)CCCCCCC1. The molecule has 1 saturated carbocycles. The summed E-state index contributed by atoms with van der Waals surface area (Å²) in [5, 5.41) is 12.6. The van der Waals surface area contributed by atoms with Gasteiger partial charge in [0.2, 0.25) is 0 Å². The molecule has 0 aromatic rings. The molecule has 0 aromatic heterocycles. The highest BCUT2D eigenvalue weighted by Gasteiger charge is 2.26. The third-order valence-corrected chi connectivity index (χ3v) is 3.14. The van der Waals surface area contributed by atoms with E-state index < -0.39 is 0 Å². The van der Waals surface area contributed by atoms with Crippen molar-refractivity contribution < 1.29 is 5.11 Å². The molecule has 0 saturated heterocycles. The standard InChI is InChI=1S/C10H21NO/c1-11-10(9-12)7-5-3-2-4-6-8-10/h11-12H,2-9H2,1H3. The number of hydrogen-bond acceptors (Lipinski definition) is 2. The Morgan fingerprint density at radius 3 is 2.00 bits per heavy atom. The molecule has 0 aliphatic heterocycles. The smallest absolute Gasteiger partial charge is 0.0613 e. The minimum absolute atomic E-state index is 0.0421. The molecule has 0 atom stereocenters. The van der Waals surface area contributed by atoms with E-state index in [1.807, 2.05) is 7.05 Å². The van der Waals surface area contributed by atoms with E-state index in [-0.39, 0.29) is 5.54 Å². The van der Waals surface area contributed by atoms with Crippen LogP contribution in [0.15, 0.2) is 0 Å². The molecule has 2 heteroatoms. The van der Waals surface area contributed by atoms with Crippen molar-refractivity contribution in [2.75, 3.05) is 13.7 Å². The van der Waals surface area contributed by atoms with Crippen LogP contribution in [0, 0.1) is 0 Å². The van der Waals surface area contributed by atoms with Gasteiger partial charge >= 0.3 is 0 Å². The summed E-state index contributed by atoms with van der Waals surface area (Å²) in [5.41, 5.74) is 0.0421. The van der Waals surface area contributed by atoms with Gasteiger partial charge < -0.3 is 10.4 Å². The Balaban J connectivity index is 2.45. The molecule has 1 fully saturated rings. The van der Waals surface area contributed by atoms with Gasteiger partial charge in [-0.2, -0.15) is 0 Å². The molecule has 0 radical (unpaired) electrons. The van der Waals surface area contributed by atoms with E-state index in [9.17, 15) is 5.11 Å². The van der Waals surface area contributed by atoms with Crippen LogP contribution >= 0.6 is 0 Å². The molecule has 0 amide bonds. The Labute approximate surface area is 75.4 Å². The van der Waals surface area contributed by atoms with Crippen molar-refractivity contribution in [3.8, 4) is 0 Å². The molecule has 1 rings (SSSR count). The van der Waals surface area contributed by atoms with Crippen LogP contribution in [0.1, 0.15) is 44.9 Å². The number of likely N-dealkylation sites (N-methyl/N-ethyl adjacent to an activating group) is 1. The molecular formula is C10H21NO. The number of aliphatic hydroxyl groups is 1. The van der Waals surface area contributed by atoms with Gasteiger partial charge in [0.15, 0.2) is 0 Å². The first-order valence-corrected chi connectivity index (χ1v) is 5.13. The molecule has 0 aromatic carbocycles. The minimum atomic E-state index is 0.0421. The zero-order chi connectivity index (χ0) is 8.86. The molecule has 0 spiro atoms. The lowest BCUT2D eigenvalue weighted by Gasteiger charge is -2.33. The van der Waals surface area contributed by atoms with Crippen molar-refractivity contribution in [2.24, 2.45) is 0 Å². The molecule has 0 heterocycles. The second kappa shape index (κ2) is 4.83. The van der Waals surface area contributed by atoms with Crippen LogP contribution in [0.25, 0.3) is 0 Å². The maximum Gasteiger partial charge on any atom is 0.0613 e. The van der Waals surface area contributed by atoms with Crippen molar-refractivity contribution >= 4 is 0 Å². The second-order valence-corrected chi connectivity index (χ2v) is 3.96. The fourth-order valence-electron chi connectivity index (χ4n) is 2.07. The van der Waals surface area contributed by atoms with Gasteiger partial charge in [-0.3, -0.25) is 0 Å². The summed E-state index contributed by atoms with van der Waals surface area (Å²) in [4.78, 5) is 0. The Morgan fingerprint density at radius 2 is 1.58 bits per heavy atom.